The fraction of sp³-hybridized carbons (Fsp3) is 0.471. The third kappa shape index (κ3) is 3.95. The molecule has 1 aliphatic heterocycles. The molecule has 5 nitrogen and oxygen atoms in total. The van der Waals surface area contributed by atoms with Crippen LogP contribution in [0.3, 0.4) is 0 Å². The van der Waals surface area contributed by atoms with Gasteiger partial charge in [0.15, 0.2) is 11.0 Å². The summed E-state index contributed by atoms with van der Waals surface area (Å²) in [6.45, 7) is 1.72. The molecule has 128 valence electrons. The van der Waals surface area contributed by atoms with Gasteiger partial charge in [0.2, 0.25) is 5.91 Å². The third-order valence-corrected chi connectivity index (χ3v) is 5.23. The Kier molecular flexibility index (Phi) is 5.50. The standard InChI is InChI=1S/C17H21FN4OS/c1-21-16(13-6-8-14(18)9-7-13)19-20-17(21)24-12-15(23)22-10-4-2-3-5-11-22/h6-9H,2-5,10-12H2,1H3. The van der Waals surface area contributed by atoms with Crippen molar-refractivity contribution in [2.24, 2.45) is 7.05 Å². The smallest absolute Gasteiger partial charge is 0.233 e. The maximum absolute atomic E-state index is 13.0. The van der Waals surface area contributed by atoms with Gasteiger partial charge in [-0.1, -0.05) is 24.6 Å². The number of aromatic nitrogens is 3. The number of likely N-dealkylation sites (tertiary alicyclic amines) is 1. The zero-order valence-corrected chi connectivity index (χ0v) is 14.6. The van der Waals surface area contributed by atoms with Crippen LogP contribution < -0.4 is 0 Å². The van der Waals surface area contributed by atoms with Crippen molar-refractivity contribution in [3.8, 4) is 11.4 Å². The number of benzene rings is 1. The lowest BCUT2D eigenvalue weighted by Crippen LogP contribution is -2.33. The molecule has 1 aromatic carbocycles. The minimum atomic E-state index is -0.279. The molecule has 0 N–H and O–H groups in total. The molecular weight excluding hydrogens is 327 g/mol. The molecule has 0 spiro atoms. The van der Waals surface area contributed by atoms with E-state index in [1.165, 1.54) is 36.7 Å². The van der Waals surface area contributed by atoms with E-state index in [9.17, 15) is 9.18 Å². The van der Waals surface area contributed by atoms with Crippen LogP contribution in [0.4, 0.5) is 4.39 Å². The Labute approximate surface area is 145 Å². The molecular formula is C17H21FN4OS. The topological polar surface area (TPSA) is 51.0 Å². The molecule has 1 fully saturated rings. The van der Waals surface area contributed by atoms with Crippen molar-refractivity contribution in [1.29, 1.82) is 0 Å². The molecule has 1 aromatic heterocycles. The molecule has 0 bridgehead atoms. The summed E-state index contributed by atoms with van der Waals surface area (Å²) in [5.74, 6) is 0.918. The number of hydrogen-bond donors (Lipinski definition) is 0. The van der Waals surface area contributed by atoms with Gasteiger partial charge in [0, 0.05) is 25.7 Å². The first-order valence-corrected chi connectivity index (χ1v) is 9.19. The number of halogens is 1. The SMILES string of the molecule is Cn1c(SCC(=O)N2CCCCCC2)nnc1-c1ccc(F)cc1. The van der Waals surface area contributed by atoms with Gasteiger partial charge in [0.1, 0.15) is 5.82 Å². The number of nitrogens with zero attached hydrogens (tertiary/aromatic N) is 4. The zero-order valence-electron chi connectivity index (χ0n) is 13.7. The predicted octanol–water partition coefficient (Wildman–Crippen LogP) is 3.12. The summed E-state index contributed by atoms with van der Waals surface area (Å²) in [6.07, 6.45) is 4.60. The van der Waals surface area contributed by atoms with E-state index in [1.54, 1.807) is 12.1 Å². The summed E-state index contributed by atoms with van der Waals surface area (Å²) in [6, 6.07) is 6.16. The van der Waals surface area contributed by atoms with Gasteiger partial charge in [-0.25, -0.2) is 4.39 Å². The van der Waals surface area contributed by atoms with E-state index in [0.29, 0.717) is 16.7 Å². The van der Waals surface area contributed by atoms with Crippen LogP contribution in [-0.4, -0.2) is 44.4 Å². The molecule has 24 heavy (non-hydrogen) atoms. The monoisotopic (exact) mass is 348 g/mol. The molecule has 0 radical (unpaired) electrons. The van der Waals surface area contributed by atoms with E-state index in [4.69, 9.17) is 0 Å². The molecule has 2 aromatic rings. The maximum atomic E-state index is 13.0. The number of carbonyl (C=O) groups is 1. The van der Waals surface area contributed by atoms with Crippen LogP contribution in [0.1, 0.15) is 25.7 Å². The van der Waals surface area contributed by atoms with Crippen LogP contribution in [-0.2, 0) is 11.8 Å². The van der Waals surface area contributed by atoms with Gasteiger partial charge < -0.3 is 9.47 Å². The molecule has 2 heterocycles. The van der Waals surface area contributed by atoms with E-state index in [2.05, 4.69) is 10.2 Å². The highest BCUT2D eigenvalue weighted by molar-refractivity contribution is 7.99. The third-order valence-electron chi connectivity index (χ3n) is 4.22. The van der Waals surface area contributed by atoms with E-state index in [-0.39, 0.29) is 11.7 Å². The highest BCUT2D eigenvalue weighted by atomic mass is 32.2. The van der Waals surface area contributed by atoms with E-state index < -0.39 is 0 Å². The van der Waals surface area contributed by atoms with Gasteiger partial charge in [-0.3, -0.25) is 4.79 Å². The van der Waals surface area contributed by atoms with Crippen LogP contribution in [0.15, 0.2) is 29.4 Å². The van der Waals surface area contributed by atoms with E-state index in [0.717, 1.165) is 31.5 Å². The van der Waals surface area contributed by atoms with Gasteiger partial charge in [-0.05, 0) is 37.1 Å². The van der Waals surface area contributed by atoms with Crippen LogP contribution >= 0.6 is 11.8 Å². The molecule has 0 unspecified atom stereocenters. The molecule has 1 amide bonds. The average molecular weight is 348 g/mol. The molecule has 0 saturated carbocycles. The number of thioether (sulfide) groups is 1. The van der Waals surface area contributed by atoms with Crippen molar-refractivity contribution in [2.75, 3.05) is 18.8 Å². The summed E-state index contributed by atoms with van der Waals surface area (Å²) < 4.78 is 14.9. The van der Waals surface area contributed by atoms with Gasteiger partial charge in [-0.15, -0.1) is 10.2 Å². The van der Waals surface area contributed by atoms with Crippen molar-refractivity contribution < 1.29 is 9.18 Å². The largest absolute Gasteiger partial charge is 0.342 e. The summed E-state index contributed by atoms with van der Waals surface area (Å²) in [4.78, 5) is 14.3. The number of hydrogen-bond acceptors (Lipinski definition) is 4. The first-order chi connectivity index (χ1) is 11.6. The Bertz CT molecular complexity index is 693. The number of rotatable bonds is 4. The number of carbonyl (C=O) groups excluding carboxylic acids is 1. The summed E-state index contributed by atoms with van der Waals surface area (Å²) in [7, 11) is 1.86. The first-order valence-electron chi connectivity index (χ1n) is 8.21. The number of amides is 1. The molecule has 1 aliphatic rings. The van der Waals surface area contributed by atoms with Crippen molar-refractivity contribution in [3.63, 3.8) is 0 Å². The lowest BCUT2D eigenvalue weighted by Gasteiger charge is -2.19. The minimum absolute atomic E-state index is 0.160. The van der Waals surface area contributed by atoms with Crippen LogP contribution in [0.25, 0.3) is 11.4 Å². The second kappa shape index (κ2) is 7.79. The lowest BCUT2D eigenvalue weighted by molar-refractivity contribution is -0.128. The molecule has 7 heteroatoms. The molecule has 1 saturated heterocycles. The average Bonchev–Trinajstić information content (AvgIpc) is 2.79. The highest BCUT2D eigenvalue weighted by Crippen LogP contribution is 2.23. The first kappa shape index (κ1) is 17.0. The van der Waals surface area contributed by atoms with E-state index >= 15 is 0 Å². The summed E-state index contributed by atoms with van der Waals surface area (Å²) >= 11 is 1.40. The van der Waals surface area contributed by atoms with Crippen molar-refractivity contribution >= 4 is 17.7 Å². The van der Waals surface area contributed by atoms with Gasteiger partial charge in [0.05, 0.1) is 5.75 Å². The lowest BCUT2D eigenvalue weighted by atomic mass is 10.2. The second-order valence-corrected chi connectivity index (χ2v) is 6.90. The van der Waals surface area contributed by atoms with Crippen LogP contribution in [0.2, 0.25) is 0 Å². The summed E-state index contributed by atoms with van der Waals surface area (Å²) in [5.41, 5.74) is 0.803. The molecule has 3 rings (SSSR count). The van der Waals surface area contributed by atoms with Gasteiger partial charge >= 0.3 is 0 Å². The molecule has 0 atom stereocenters. The maximum Gasteiger partial charge on any atom is 0.233 e. The Balaban J connectivity index is 1.63. The molecule has 0 aliphatic carbocycles. The predicted molar refractivity (Wildman–Crippen MR) is 92.2 cm³/mol. The quantitative estimate of drug-likeness (QED) is 0.797. The Morgan fingerprint density at radius 2 is 1.79 bits per heavy atom. The Hall–Kier alpha value is -1.89. The minimum Gasteiger partial charge on any atom is -0.342 e. The van der Waals surface area contributed by atoms with Gasteiger partial charge in [-0.2, -0.15) is 0 Å². The normalized spacial score (nSPS) is 15.3. The fourth-order valence-corrected chi connectivity index (χ4v) is 3.64. The van der Waals surface area contributed by atoms with Gasteiger partial charge in [0.25, 0.3) is 0 Å². The van der Waals surface area contributed by atoms with E-state index in [1.807, 2.05) is 16.5 Å². The fourth-order valence-electron chi connectivity index (χ4n) is 2.83. The van der Waals surface area contributed by atoms with Crippen LogP contribution in [0, 0.1) is 5.82 Å². The van der Waals surface area contributed by atoms with Crippen molar-refractivity contribution in [2.45, 2.75) is 30.8 Å². The summed E-state index contributed by atoms with van der Waals surface area (Å²) in [5, 5.41) is 9.02. The van der Waals surface area contributed by atoms with Crippen LogP contribution in [0.5, 0.6) is 0 Å². The Morgan fingerprint density at radius 1 is 1.12 bits per heavy atom. The van der Waals surface area contributed by atoms with Crippen molar-refractivity contribution in [3.05, 3.63) is 30.1 Å². The second-order valence-electron chi connectivity index (χ2n) is 5.96. The zero-order chi connectivity index (χ0) is 16.9. The highest BCUT2D eigenvalue weighted by Gasteiger charge is 2.18. The van der Waals surface area contributed by atoms with Crippen molar-refractivity contribution in [1.82, 2.24) is 19.7 Å². The Morgan fingerprint density at radius 3 is 2.46 bits per heavy atom.